The van der Waals surface area contributed by atoms with Crippen molar-refractivity contribution in [3.63, 3.8) is 0 Å². The van der Waals surface area contributed by atoms with Crippen LogP contribution in [0, 0.1) is 3.57 Å². The Bertz CT molecular complexity index is 415. The van der Waals surface area contributed by atoms with Gasteiger partial charge in [-0.15, -0.1) is 11.6 Å². The van der Waals surface area contributed by atoms with E-state index in [0.717, 1.165) is 6.20 Å². The number of rotatable bonds is 3. The van der Waals surface area contributed by atoms with E-state index in [1.807, 2.05) is 0 Å². The molecule has 1 heterocycles. The highest BCUT2D eigenvalue weighted by atomic mass is 127. The van der Waals surface area contributed by atoms with Gasteiger partial charge in [0.25, 0.3) is 6.43 Å². The molecule has 0 N–H and O–H groups in total. The number of carbonyl (C=O) groups is 1. The van der Waals surface area contributed by atoms with Gasteiger partial charge < -0.3 is 4.74 Å². The van der Waals surface area contributed by atoms with Gasteiger partial charge in [0, 0.05) is 17.6 Å². The molecule has 0 unspecified atom stereocenters. The van der Waals surface area contributed by atoms with E-state index in [0.29, 0.717) is 3.57 Å². The van der Waals surface area contributed by atoms with Crippen LogP contribution in [-0.2, 0) is 10.6 Å². The summed E-state index contributed by atoms with van der Waals surface area (Å²) in [5.74, 6) is -0.777. The Balaban J connectivity index is 3.34. The van der Waals surface area contributed by atoms with Gasteiger partial charge in [0.2, 0.25) is 0 Å². The molecule has 1 rings (SSSR count). The van der Waals surface area contributed by atoms with Crippen LogP contribution in [0.15, 0.2) is 6.20 Å². The Morgan fingerprint density at radius 1 is 1.69 bits per heavy atom. The highest BCUT2D eigenvalue weighted by Crippen LogP contribution is 2.28. The molecule has 0 saturated heterocycles. The Labute approximate surface area is 109 Å². The average Bonchev–Trinajstić information content (AvgIpc) is 2.27. The molecule has 0 saturated carbocycles. The number of pyridine rings is 1. The Morgan fingerprint density at radius 3 is 2.75 bits per heavy atom. The van der Waals surface area contributed by atoms with Gasteiger partial charge in [0.15, 0.2) is 5.69 Å². The molecule has 0 radical (unpaired) electrons. The van der Waals surface area contributed by atoms with Gasteiger partial charge >= 0.3 is 5.97 Å². The molecule has 16 heavy (non-hydrogen) atoms. The lowest BCUT2D eigenvalue weighted by atomic mass is 10.1. The number of hydrogen-bond donors (Lipinski definition) is 0. The van der Waals surface area contributed by atoms with Crippen molar-refractivity contribution in [1.82, 2.24) is 4.98 Å². The maximum absolute atomic E-state index is 12.6. The van der Waals surface area contributed by atoms with Crippen molar-refractivity contribution in [2.24, 2.45) is 0 Å². The maximum atomic E-state index is 12.6. The second-order valence-corrected chi connectivity index (χ2v) is 4.13. The second kappa shape index (κ2) is 5.72. The van der Waals surface area contributed by atoms with Crippen molar-refractivity contribution in [2.45, 2.75) is 12.3 Å². The molecule has 0 aliphatic heterocycles. The molecule has 0 atom stereocenters. The number of ether oxygens (including phenoxy) is 1. The lowest BCUT2D eigenvalue weighted by Crippen LogP contribution is -2.10. The monoisotopic (exact) mass is 361 g/mol. The third-order valence-corrected chi connectivity index (χ3v) is 3.33. The molecular weight excluding hydrogens is 354 g/mol. The molecule has 0 aliphatic rings. The van der Waals surface area contributed by atoms with Crippen LogP contribution in [-0.4, -0.2) is 18.1 Å². The third kappa shape index (κ3) is 2.60. The summed E-state index contributed by atoms with van der Waals surface area (Å²) in [6.07, 6.45) is -1.71. The summed E-state index contributed by atoms with van der Waals surface area (Å²) in [5.41, 5.74) is -0.0390. The number of alkyl halides is 3. The number of methoxy groups -OCH3 is 1. The van der Waals surface area contributed by atoms with E-state index < -0.39 is 12.4 Å². The van der Waals surface area contributed by atoms with Crippen LogP contribution in [0.25, 0.3) is 0 Å². The summed E-state index contributed by atoms with van der Waals surface area (Å²) in [5, 5.41) is 0. The number of hydrogen-bond acceptors (Lipinski definition) is 3. The number of aromatic nitrogens is 1. The molecule has 1 aromatic rings. The van der Waals surface area contributed by atoms with E-state index in [4.69, 9.17) is 11.6 Å². The molecule has 0 aromatic carbocycles. The van der Waals surface area contributed by atoms with Crippen LogP contribution in [0.3, 0.4) is 0 Å². The van der Waals surface area contributed by atoms with Crippen LogP contribution in [0.1, 0.15) is 28.0 Å². The minimum absolute atomic E-state index is 0.00292. The van der Waals surface area contributed by atoms with Crippen molar-refractivity contribution in [3.05, 3.63) is 26.6 Å². The number of halogens is 4. The maximum Gasteiger partial charge on any atom is 0.357 e. The normalized spacial score (nSPS) is 10.6. The minimum Gasteiger partial charge on any atom is -0.464 e. The van der Waals surface area contributed by atoms with Crippen molar-refractivity contribution in [3.8, 4) is 0 Å². The summed E-state index contributed by atoms with van der Waals surface area (Å²) in [7, 11) is 1.20. The molecule has 0 bridgehead atoms. The van der Waals surface area contributed by atoms with Crippen molar-refractivity contribution in [1.29, 1.82) is 0 Å². The standard InChI is InChI=1S/C9H7ClF2INO2/c1-16-9(15)7-6(13)4(2-10)5(3-14-7)8(11)12/h3,8H,2H2,1H3. The molecule has 88 valence electrons. The van der Waals surface area contributed by atoms with Crippen LogP contribution in [0.4, 0.5) is 8.78 Å². The van der Waals surface area contributed by atoms with Gasteiger partial charge in [-0.05, 0) is 28.2 Å². The highest BCUT2D eigenvalue weighted by Gasteiger charge is 2.21. The molecule has 3 nitrogen and oxygen atoms in total. The van der Waals surface area contributed by atoms with Crippen molar-refractivity contribution >= 4 is 40.2 Å². The van der Waals surface area contributed by atoms with Crippen molar-refractivity contribution < 1.29 is 18.3 Å². The van der Waals surface area contributed by atoms with Crippen molar-refractivity contribution in [2.75, 3.05) is 7.11 Å². The predicted molar refractivity (Wildman–Crippen MR) is 62.8 cm³/mol. The van der Waals surface area contributed by atoms with Gasteiger partial charge in [0.05, 0.1) is 10.7 Å². The Kier molecular flexibility index (Phi) is 4.85. The fraction of sp³-hybridized carbons (Fsp3) is 0.333. The van der Waals surface area contributed by atoms with E-state index in [-0.39, 0.29) is 22.7 Å². The van der Waals surface area contributed by atoms with E-state index in [1.165, 1.54) is 7.11 Å². The van der Waals surface area contributed by atoms with Crippen LogP contribution < -0.4 is 0 Å². The first-order valence-corrected chi connectivity index (χ1v) is 5.74. The molecule has 0 fully saturated rings. The molecule has 0 aliphatic carbocycles. The van der Waals surface area contributed by atoms with Crippen LogP contribution in [0.5, 0.6) is 0 Å². The van der Waals surface area contributed by atoms with E-state index in [9.17, 15) is 13.6 Å². The van der Waals surface area contributed by atoms with Gasteiger partial charge in [-0.2, -0.15) is 0 Å². The van der Waals surface area contributed by atoms with Crippen LogP contribution >= 0.6 is 34.2 Å². The summed E-state index contributed by atoms with van der Waals surface area (Å²) in [6.45, 7) is 0. The zero-order chi connectivity index (χ0) is 12.3. The SMILES string of the molecule is COC(=O)c1ncc(C(F)F)c(CCl)c1I. The first kappa shape index (κ1) is 13.6. The predicted octanol–water partition coefficient (Wildman–Crippen LogP) is 3.15. The topological polar surface area (TPSA) is 39.2 Å². The molecule has 7 heteroatoms. The first-order valence-electron chi connectivity index (χ1n) is 4.12. The third-order valence-electron chi connectivity index (χ3n) is 1.90. The fourth-order valence-electron chi connectivity index (χ4n) is 1.10. The summed E-state index contributed by atoms with van der Waals surface area (Å²) < 4.78 is 30.0. The van der Waals surface area contributed by atoms with Gasteiger partial charge in [0.1, 0.15) is 0 Å². The quantitative estimate of drug-likeness (QED) is 0.472. The Morgan fingerprint density at radius 2 is 2.31 bits per heavy atom. The van der Waals surface area contributed by atoms with E-state index in [2.05, 4.69) is 9.72 Å². The van der Waals surface area contributed by atoms with Gasteiger partial charge in [-0.25, -0.2) is 18.6 Å². The molecule has 0 amide bonds. The molecule has 0 spiro atoms. The smallest absolute Gasteiger partial charge is 0.357 e. The number of esters is 1. The average molecular weight is 362 g/mol. The summed E-state index contributed by atoms with van der Waals surface area (Å²) in [6, 6.07) is 0. The highest BCUT2D eigenvalue weighted by molar-refractivity contribution is 14.1. The lowest BCUT2D eigenvalue weighted by molar-refractivity contribution is 0.0592. The largest absolute Gasteiger partial charge is 0.464 e. The Hall–Kier alpha value is -0.500. The van der Waals surface area contributed by atoms with Gasteiger partial charge in [-0.1, -0.05) is 0 Å². The summed E-state index contributed by atoms with van der Waals surface area (Å²) >= 11 is 7.34. The van der Waals surface area contributed by atoms with E-state index >= 15 is 0 Å². The van der Waals surface area contributed by atoms with E-state index in [1.54, 1.807) is 22.6 Å². The minimum atomic E-state index is -2.67. The molecule has 1 aromatic heterocycles. The first-order chi connectivity index (χ1) is 7.52. The number of carbonyl (C=O) groups excluding carboxylic acids is 1. The molecular formula is C9H7ClF2INO2. The second-order valence-electron chi connectivity index (χ2n) is 2.78. The van der Waals surface area contributed by atoms with Gasteiger partial charge in [-0.3, -0.25) is 0 Å². The van der Waals surface area contributed by atoms with Crippen LogP contribution in [0.2, 0.25) is 0 Å². The lowest BCUT2D eigenvalue weighted by Gasteiger charge is -2.10. The fourth-order valence-corrected chi connectivity index (χ4v) is 2.48. The zero-order valence-corrected chi connectivity index (χ0v) is 11.1. The zero-order valence-electron chi connectivity index (χ0n) is 8.14. The number of nitrogens with zero attached hydrogens (tertiary/aromatic N) is 1. The summed E-state index contributed by atoms with van der Waals surface area (Å²) in [4.78, 5) is 14.9.